The third-order valence-corrected chi connectivity index (χ3v) is 4.07. The number of nitrogens with two attached hydrogens (primary N) is 1. The number of hydrogen-bond acceptors (Lipinski definition) is 3. The van der Waals surface area contributed by atoms with Gasteiger partial charge in [0.15, 0.2) is 0 Å². The molecular formula is C15H15NO3S. The highest BCUT2D eigenvalue weighted by molar-refractivity contribution is 7.84. The summed E-state index contributed by atoms with van der Waals surface area (Å²) in [6, 6.07) is 14.3. The number of rotatable bonds is 5. The van der Waals surface area contributed by atoms with Crippen LogP contribution in [0.25, 0.3) is 11.1 Å². The molecular weight excluding hydrogens is 274 g/mol. The molecule has 5 heteroatoms. The summed E-state index contributed by atoms with van der Waals surface area (Å²) in [5.41, 5.74) is 7.35. The van der Waals surface area contributed by atoms with Gasteiger partial charge in [-0.3, -0.25) is 9.00 Å². The Balaban J connectivity index is 2.34. The van der Waals surface area contributed by atoms with Gasteiger partial charge in [-0.05, 0) is 17.2 Å². The normalized spacial score (nSPS) is 12.0. The number of para-hydroxylation sites is 1. The maximum absolute atomic E-state index is 11.8. The summed E-state index contributed by atoms with van der Waals surface area (Å²) >= 11 is 0. The fourth-order valence-electron chi connectivity index (χ4n) is 1.99. The third-order valence-electron chi connectivity index (χ3n) is 2.83. The van der Waals surface area contributed by atoms with Crippen molar-refractivity contribution in [3.8, 4) is 16.9 Å². The number of hydrogen-bond donors (Lipinski definition) is 2. The summed E-state index contributed by atoms with van der Waals surface area (Å²) in [5, 5.41) is 9.92. The monoisotopic (exact) mass is 289 g/mol. The number of carbonyl (C=O) groups excluding carboxylic acids is 1. The average Bonchev–Trinajstić information content (AvgIpc) is 2.39. The first kappa shape index (κ1) is 14.3. The quantitative estimate of drug-likeness (QED) is 0.880. The molecule has 0 saturated carbocycles. The van der Waals surface area contributed by atoms with E-state index in [4.69, 9.17) is 5.73 Å². The second-order valence-electron chi connectivity index (χ2n) is 4.37. The molecule has 0 fully saturated rings. The lowest BCUT2D eigenvalue weighted by Crippen LogP contribution is -2.20. The highest BCUT2D eigenvalue weighted by atomic mass is 32.2. The molecule has 2 aromatic carbocycles. The first-order chi connectivity index (χ1) is 9.58. The smallest absolute Gasteiger partial charge is 0.230 e. The second-order valence-corrected chi connectivity index (χ2v) is 5.83. The number of amides is 1. The molecule has 20 heavy (non-hydrogen) atoms. The lowest BCUT2D eigenvalue weighted by Gasteiger charge is -2.10. The number of primary amides is 1. The Morgan fingerprint density at radius 2 is 1.65 bits per heavy atom. The molecule has 0 radical (unpaired) electrons. The molecule has 0 aliphatic rings. The Bertz CT molecular complexity index is 655. The fraction of sp³-hybridized carbons (Fsp3) is 0.133. The van der Waals surface area contributed by atoms with E-state index in [0.717, 1.165) is 11.1 Å². The van der Waals surface area contributed by atoms with Crippen molar-refractivity contribution in [2.45, 2.75) is 5.75 Å². The summed E-state index contributed by atoms with van der Waals surface area (Å²) in [6.45, 7) is 0. The van der Waals surface area contributed by atoms with E-state index < -0.39 is 16.7 Å². The van der Waals surface area contributed by atoms with Crippen LogP contribution in [0.15, 0.2) is 48.5 Å². The molecule has 0 spiro atoms. The van der Waals surface area contributed by atoms with Crippen LogP contribution in [-0.4, -0.2) is 21.0 Å². The maximum atomic E-state index is 11.8. The highest BCUT2D eigenvalue weighted by Gasteiger charge is 2.12. The molecule has 3 N–H and O–H groups in total. The predicted octanol–water partition coefficient (Wildman–Crippen LogP) is 1.79. The van der Waals surface area contributed by atoms with Gasteiger partial charge < -0.3 is 10.8 Å². The van der Waals surface area contributed by atoms with Crippen LogP contribution in [0, 0.1) is 0 Å². The molecule has 2 aromatic rings. The number of aromatic hydroxyl groups is 1. The van der Waals surface area contributed by atoms with E-state index in [2.05, 4.69) is 0 Å². The SMILES string of the molecule is NC(=O)C[S@@](=O)Cc1ccccc1-c1ccccc1O. The number of benzene rings is 2. The van der Waals surface area contributed by atoms with Crippen molar-refractivity contribution < 1.29 is 14.1 Å². The van der Waals surface area contributed by atoms with Crippen molar-refractivity contribution in [2.24, 2.45) is 5.73 Å². The second kappa shape index (κ2) is 6.34. The first-order valence-corrected chi connectivity index (χ1v) is 7.56. The van der Waals surface area contributed by atoms with Crippen molar-refractivity contribution >= 4 is 16.7 Å². The van der Waals surface area contributed by atoms with Gasteiger partial charge in [0, 0.05) is 22.1 Å². The zero-order chi connectivity index (χ0) is 14.5. The average molecular weight is 289 g/mol. The van der Waals surface area contributed by atoms with Crippen molar-refractivity contribution in [3.05, 3.63) is 54.1 Å². The van der Waals surface area contributed by atoms with Gasteiger partial charge in [-0.1, -0.05) is 42.5 Å². The molecule has 1 amide bonds. The Morgan fingerprint density at radius 1 is 1.05 bits per heavy atom. The summed E-state index contributed by atoms with van der Waals surface area (Å²) in [4.78, 5) is 10.8. The van der Waals surface area contributed by atoms with Gasteiger partial charge in [0.2, 0.25) is 5.91 Å². The minimum Gasteiger partial charge on any atom is -0.507 e. The van der Waals surface area contributed by atoms with Gasteiger partial charge in [0.1, 0.15) is 11.5 Å². The highest BCUT2D eigenvalue weighted by Crippen LogP contribution is 2.31. The van der Waals surface area contributed by atoms with E-state index in [9.17, 15) is 14.1 Å². The van der Waals surface area contributed by atoms with Crippen LogP contribution in [0.2, 0.25) is 0 Å². The number of phenolic OH excluding ortho intramolecular Hbond substituents is 1. The van der Waals surface area contributed by atoms with E-state index in [1.54, 1.807) is 18.2 Å². The molecule has 0 aliphatic heterocycles. The lowest BCUT2D eigenvalue weighted by atomic mass is 10.00. The summed E-state index contributed by atoms with van der Waals surface area (Å²) in [7, 11) is -1.35. The lowest BCUT2D eigenvalue weighted by molar-refractivity contribution is -0.115. The van der Waals surface area contributed by atoms with Crippen molar-refractivity contribution in [1.29, 1.82) is 0 Å². The largest absolute Gasteiger partial charge is 0.507 e. The molecule has 0 aromatic heterocycles. The van der Waals surface area contributed by atoms with Crippen LogP contribution in [0.4, 0.5) is 0 Å². The van der Waals surface area contributed by atoms with Crippen LogP contribution < -0.4 is 5.73 Å². The van der Waals surface area contributed by atoms with E-state index >= 15 is 0 Å². The molecule has 0 heterocycles. The summed E-state index contributed by atoms with van der Waals surface area (Å²) in [5.74, 6) is -0.341. The van der Waals surface area contributed by atoms with Crippen molar-refractivity contribution in [3.63, 3.8) is 0 Å². The Kier molecular flexibility index (Phi) is 4.53. The van der Waals surface area contributed by atoms with E-state index in [0.29, 0.717) is 5.56 Å². The van der Waals surface area contributed by atoms with Gasteiger partial charge in [0.25, 0.3) is 0 Å². The third kappa shape index (κ3) is 3.45. The van der Waals surface area contributed by atoms with E-state index in [1.807, 2.05) is 30.3 Å². The number of phenols is 1. The van der Waals surface area contributed by atoms with E-state index in [1.165, 1.54) is 0 Å². The molecule has 2 rings (SSSR count). The Morgan fingerprint density at radius 3 is 2.30 bits per heavy atom. The zero-order valence-electron chi connectivity index (χ0n) is 10.8. The van der Waals surface area contributed by atoms with Gasteiger partial charge >= 0.3 is 0 Å². The van der Waals surface area contributed by atoms with Gasteiger partial charge in [-0.25, -0.2) is 0 Å². The molecule has 0 saturated heterocycles. The standard InChI is InChI=1S/C15H15NO3S/c16-15(18)10-20(19)9-11-5-1-2-6-12(11)13-7-3-4-8-14(13)17/h1-8,17H,9-10H2,(H2,16,18)/t20-/m0/s1. The predicted molar refractivity (Wildman–Crippen MR) is 79.5 cm³/mol. The number of carbonyl (C=O) groups is 1. The van der Waals surface area contributed by atoms with Crippen LogP contribution in [0.1, 0.15) is 5.56 Å². The van der Waals surface area contributed by atoms with Gasteiger partial charge in [-0.15, -0.1) is 0 Å². The van der Waals surface area contributed by atoms with Gasteiger partial charge in [-0.2, -0.15) is 0 Å². The minimum absolute atomic E-state index is 0.158. The molecule has 0 aliphatic carbocycles. The molecule has 1 atom stereocenters. The van der Waals surface area contributed by atoms with Crippen LogP contribution in [0.3, 0.4) is 0 Å². The first-order valence-electron chi connectivity index (χ1n) is 6.07. The molecule has 4 nitrogen and oxygen atoms in total. The maximum Gasteiger partial charge on any atom is 0.230 e. The van der Waals surface area contributed by atoms with Crippen LogP contribution >= 0.6 is 0 Å². The molecule has 0 bridgehead atoms. The van der Waals surface area contributed by atoms with Crippen molar-refractivity contribution in [2.75, 3.05) is 5.75 Å². The Hall–Kier alpha value is -2.14. The zero-order valence-corrected chi connectivity index (χ0v) is 11.6. The Labute approximate surface area is 119 Å². The summed E-state index contributed by atoms with van der Waals surface area (Å²) in [6.07, 6.45) is 0. The van der Waals surface area contributed by atoms with Gasteiger partial charge in [0.05, 0.1) is 0 Å². The van der Waals surface area contributed by atoms with Crippen molar-refractivity contribution in [1.82, 2.24) is 0 Å². The fourth-order valence-corrected chi connectivity index (χ4v) is 3.01. The van der Waals surface area contributed by atoms with Crippen LogP contribution in [0.5, 0.6) is 5.75 Å². The topological polar surface area (TPSA) is 80.4 Å². The minimum atomic E-state index is -1.35. The molecule has 0 unspecified atom stereocenters. The summed E-state index contributed by atoms with van der Waals surface area (Å²) < 4.78 is 11.8. The molecule has 104 valence electrons. The van der Waals surface area contributed by atoms with Crippen LogP contribution in [-0.2, 0) is 21.3 Å². The van der Waals surface area contributed by atoms with E-state index in [-0.39, 0.29) is 17.3 Å².